The summed E-state index contributed by atoms with van der Waals surface area (Å²) in [4.78, 5) is 29.1. The highest BCUT2D eigenvalue weighted by Gasteiger charge is 2.30. The molecule has 3 aromatic rings. The molecule has 3 rings (SSSR count). The fourth-order valence-corrected chi connectivity index (χ4v) is 3.18. The van der Waals surface area contributed by atoms with E-state index in [1.807, 2.05) is 6.92 Å². The summed E-state index contributed by atoms with van der Waals surface area (Å²) < 4.78 is 40.7. The fraction of sp³-hybridized carbons (Fsp3) is 0.294. The van der Waals surface area contributed by atoms with Crippen LogP contribution in [0.2, 0.25) is 0 Å². The van der Waals surface area contributed by atoms with Gasteiger partial charge in [0.2, 0.25) is 11.7 Å². The van der Waals surface area contributed by atoms with Gasteiger partial charge in [0.15, 0.2) is 0 Å². The molecule has 0 bridgehead atoms. The number of aromatic nitrogens is 4. The summed E-state index contributed by atoms with van der Waals surface area (Å²) in [6.45, 7) is 3.26. The summed E-state index contributed by atoms with van der Waals surface area (Å²) in [5, 5.41) is 6.64. The molecule has 0 spiro atoms. The predicted molar refractivity (Wildman–Crippen MR) is 99.1 cm³/mol. The highest BCUT2D eigenvalue weighted by Crippen LogP contribution is 2.29. The lowest BCUT2D eigenvalue weighted by molar-refractivity contribution is -0.137. The van der Waals surface area contributed by atoms with Gasteiger partial charge in [-0.2, -0.15) is 17.7 Å². The van der Waals surface area contributed by atoms with Crippen molar-refractivity contribution in [3.8, 4) is 0 Å². The molecule has 1 N–H and O–H groups in total. The molecule has 148 valence electrons. The minimum absolute atomic E-state index is 0.201. The van der Waals surface area contributed by atoms with E-state index >= 15 is 0 Å². The van der Waals surface area contributed by atoms with Crippen LogP contribution in [0.15, 0.2) is 33.5 Å². The Labute approximate surface area is 165 Å². The van der Waals surface area contributed by atoms with Crippen molar-refractivity contribution in [3.05, 3.63) is 56.2 Å². The van der Waals surface area contributed by atoms with Crippen molar-refractivity contribution in [1.29, 1.82) is 0 Å². The van der Waals surface area contributed by atoms with Gasteiger partial charge in [-0.15, -0.1) is 5.10 Å². The van der Waals surface area contributed by atoms with Crippen molar-refractivity contribution in [2.24, 2.45) is 0 Å². The van der Waals surface area contributed by atoms with Gasteiger partial charge in [-0.3, -0.25) is 14.2 Å². The van der Waals surface area contributed by atoms with Crippen LogP contribution in [0, 0.1) is 6.92 Å². The molecule has 11 heteroatoms. The highest BCUT2D eigenvalue weighted by molar-refractivity contribution is 9.10. The Bertz CT molecular complexity index is 1100. The molecule has 2 aromatic heterocycles. The molecule has 0 unspecified atom stereocenters. The van der Waals surface area contributed by atoms with Gasteiger partial charge in [0.05, 0.1) is 11.3 Å². The van der Waals surface area contributed by atoms with E-state index in [1.54, 1.807) is 6.92 Å². The number of fused-ring (bicyclic) bond motifs is 1. The van der Waals surface area contributed by atoms with Gasteiger partial charge >= 0.3 is 6.18 Å². The number of alkyl halides is 3. The molecule has 1 aromatic carbocycles. The SMILES string of the molecule is CCc1nc2n(CC(=O)Nc3ccc(C(F)(F)F)cc3)c(C)nn2c(=O)c1Br. The first-order valence-corrected chi connectivity index (χ1v) is 9.02. The van der Waals surface area contributed by atoms with E-state index in [2.05, 4.69) is 31.3 Å². The summed E-state index contributed by atoms with van der Waals surface area (Å²) in [6.07, 6.45) is -3.94. The smallest absolute Gasteiger partial charge is 0.325 e. The number of amides is 1. The van der Waals surface area contributed by atoms with Crippen molar-refractivity contribution in [1.82, 2.24) is 19.2 Å². The third-order valence-electron chi connectivity index (χ3n) is 4.07. The quantitative estimate of drug-likeness (QED) is 0.652. The first-order valence-electron chi connectivity index (χ1n) is 8.23. The Morgan fingerprint density at radius 2 is 1.89 bits per heavy atom. The lowest BCUT2D eigenvalue weighted by Crippen LogP contribution is -2.22. The maximum Gasteiger partial charge on any atom is 0.416 e. The van der Waals surface area contributed by atoms with E-state index in [4.69, 9.17) is 0 Å². The second-order valence-corrected chi connectivity index (χ2v) is 6.79. The Morgan fingerprint density at radius 1 is 1.25 bits per heavy atom. The lowest BCUT2D eigenvalue weighted by atomic mass is 10.2. The van der Waals surface area contributed by atoms with Crippen LogP contribution in [-0.4, -0.2) is 25.1 Å². The average Bonchev–Trinajstić information content (AvgIpc) is 2.93. The number of hydrogen-bond donors (Lipinski definition) is 1. The van der Waals surface area contributed by atoms with Crippen LogP contribution in [0.25, 0.3) is 5.78 Å². The average molecular weight is 458 g/mol. The molecule has 0 aliphatic heterocycles. The van der Waals surface area contributed by atoms with E-state index < -0.39 is 17.6 Å². The normalized spacial score (nSPS) is 11.8. The molecular formula is C17H15BrF3N5O2. The van der Waals surface area contributed by atoms with Gasteiger partial charge in [0, 0.05) is 5.69 Å². The van der Waals surface area contributed by atoms with E-state index in [1.165, 1.54) is 16.7 Å². The van der Waals surface area contributed by atoms with E-state index in [-0.39, 0.29) is 23.6 Å². The molecule has 0 aliphatic rings. The summed E-state index contributed by atoms with van der Waals surface area (Å²) in [6, 6.07) is 4.13. The number of rotatable bonds is 4. The number of halogens is 4. The maximum absolute atomic E-state index is 12.6. The van der Waals surface area contributed by atoms with Crippen LogP contribution < -0.4 is 10.9 Å². The minimum atomic E-state index is -4.44. The Morgan fingerprint density at radius 3 is 2.46 bits per heavy atom. The molecule has 0 radical (unpaired) electrons. The van der Waals surface area contributed by atoms with Gasteiger partial charge in [-0.25, -0.2) is 4.98 Å². The highest BCUT2D eigenvalue weighted by atomic mass is 79.9. The molecule has 7 nitrogen and oxygen atoms in total. The second-order valence-electron chi connectivity index (χ2n) is 6.00. The topological polar surface area (TPSA) is 81.3 Å². The second kappa shape index (κ2) is 7.38. The molecule has 0 saturated heterocycles. The minimum Gasteiger partial charge on any atom is -0.325 e. The summed E-state index contributed by atoms with van der Waals surface area (Å²) in [5.74, 6) is 0.121. The number of anilines is 1. The van der Waals surface area contributed by atoms with Crippen LogP contribution >= 0.6 is 15.9 Å². The first-order chi connectivity index (χ1) is 13.1. The third-order valence-corrected chi connectivity index (χ3v) is 4.86. The monoisotopic (exact) mass is 457 g/mol. The lowest BCUT2D eigenvalue weighted by Gasteiger charge is -2.10. The van der Waals surface area contributed by atoms with Gasteiger partial charge in [0.1, 0.15) is 16.8 Å². The molecule has 0 aliphatic carbocycles. The summed E-state index contributed by atoms with van der Waals surface area (Å²) >= 11 is 3.21. The molecule has 0 fully saturated rings. The number of carbonyl (C=O) groups is 1. The number of nitrogens with one attached hydrogen (secondary N) is 1. The van der Waals surface area contributed by atoms with Crippen molar-refractivity contribution in [2.75, 3.05) is 5.32 Å². The molecule has 2 heterocycles. The number of carbonyl (C=O) groups excluding carboxylic acids is 1. The maximum atomic E-state index is 12.6. The van der Waals surface area contributed by atoms with Crippen LogP contribution in [-0.2, 0) is 23.9 Å². The zero-order chi connectivity index (χ0) is 20.6. The van der Waals surface area contributed by atoms with Gasteiger partial charge in [-0.1, -0.05) is 6.92 Å². The predicted octanol–water partition coefficient (Wildman–Crippen LogP) is 3.18. The molecule has 0 saturated carbocycles. The summed E-state index contributed by atoms with van der Waals surface area (Å²) in [7, 11) is 0. The zero-order valence-corrected chi connectivity index (χ0v) is 16.4. The Kier molecular flexibility index (Phi) is 5.28. The third kappa shape index (κ3) is 3.79. The van der Waals surface area contributed by atoms with Crippen LogP contribution in [0.1, 0.15) is 24.0 Å². The van der Waals surface area contributed by atoms with Crippen molar-refractivity contribution in [3.63, 3.8) is 0 Å². The summed E-state index contributed by atoms with van der Waals surface area (Å²) in [5.41, 5.74) is -0.425. The van der Waals surface area contributed by atoms with E-state index in [9.17, 15) is 22.8 Å². The van der Waals surface area contributed by atoms with Crippen LogP contribution in [0.5, 0.6) is 0 Å². The number of aryl methyl sites for hydroxylation is 2. The Hall–Kier alpha value is -2.69. The zero-order valence-electron chi connectivity index (χ0n) is 14.8. The molecule has 1 amide bonds. The van der Waals surface area contributed by atoms with Gasteiger partial charge in [0.25, 0.3) is 5.56 Å². The first kappa shape index (κ1) is 20.1. The molecule has 0 atom stereocenters. The van der Waals surface area contributed by atoms with Crippen molar-refractivity contribution < 1.29 is 18.0 Å². The Balaban J connectivity index is 1.86. The number of nitrogens with zero attached hydrogens (tertiary/aromatic N) is 4. The van der Waals surface area contributed by atoms with Gasteiger partial charge < -0.3 is 5.32 Å². The number of benzene rings is 1. The molecule has 28 heavy (non-hydrogen) atoms. The molecular weight excluding hydrogens is 443 g/mol. The van der Waals surface area contributed by atoms with Crippen LogP contribution in [0.4, 0.5) is 18.9 Å². The standard InChI is InChI=1S/C17H15BrF3N5O2/c1-3-12-14(18)15(28)26-16(23-12)25(9(2)24-26)8-13(27)22-11-6-4-10(5-7-11)17(19,20)21/h4-7H,3,8H2,1-2H3,(H,22,27). The van der Waals surface area contributed by atoms with E-state index in [0.717, 1.165) is 16.6 Å². The fourth-order valence-electron chi connectivity index (χ4n) is 2.64. The van der Waals surface area contributed by atoms with Crippen molar-refractivity contribution in [2.45, 2.75) is 33.0 Å². The van der Waals surface area contributed by atoms with Crippen molar-refractivity contribution >= 4 is 33.3 Å². The van der Waals surface area contributed by atoms with Crippen LogP contribution in [0.3, 0.4) is 0 Å². The number of hydrogen-bond acceptors (Lipinski definition) is 4. The van der Waals surface area contributed by atoms with Gasteiger partial charge in [-0.05, 0) is 53.5 Å². The van der Waals surface area contributed by atoms with E-state index in [0.29, 0.717) is 22.4 Å². The largest absolute Gasteiger partial charge is 0.416 e.